The molecule has 8 rings (SSSR count). The van der Waals surface area contributed by atoms with Crippen molar-refractivity contribution in [3.63, 3.8) is 0 Å². The molecule has 55 heavy (non-hydrogen) atoms. The largest absolute Gasteiger partial charge is 0.0654 e. The first kappa shape index (κ1) is 37.3. The molecule has 0 saturated heterocycles. The highest BCUT2D eigenvalue weighted by molar-refractivity contribution is 5.87. The van der Waals surface area contributed by atoms with Gasteiger partial charge in [-0.3, -0.25) is 0 Å². The van der Waals surface area contributed by atoms with E-state index in [1.54, 1.807) is 11.1 Å². The zero-order valence-electron chi connectivity index (χ0n) is 34.1. The molecule has 0 nitrogen and oxygen atoms in total. The maximum atomic E-state index is 2.60. The van der Waals surface area contributed by atoms with Crippen LogP contribution in [0.2, 0.25) is 0 Å². The van der Waals surface area contributed by atoms with Crippen molar-refractivity contribution in [1.82, 2.24) is 0 Å². The average Bonchev–Trinajstić information content (AvgIpc) is 3.61. The second-order valence-corrected chi connectivity index (χ2v) is 17.3. The molecule has 0 fully saturated rings. The number of hydrogen-bond acceptors (Lipinski definition) is 0. The van der Waals surface area contributed by atoms with Crippen LogP contribution in [0, 0.1) is 6.92 Å². The molecule has 0 aliphatic heterocycles. The van der Waals surface area contributed by atoms with Crippen LogP contribution in [-0.2, 0) is 10.8 Å². The Bertz CT molecular complexity index is 2270. The Balaban J connectivity index is 1.16. The van der Waals surface area contributed by atoms with Gasteiger partial charge in [-0.05, 0) is 116 Å². The minimum atomic E-state index is 0.00315. The van der Waals surface area contributed by atoms with Gasteiger partial charge in [0, 0.05) is 10.8 Å². The Morgan fingerprint density at radius 2 is 0.800 bits per heavy atom. The van der Waals surface area contributed by atoms with Gasteiger partial charge in [0.2, 0.25) is 0 Å². The highest BCUT2D eigenvalue weighted by atomic mass is 14.5. The summed E-state index contributed by atoms with van der Waals surface area (Å²) in [7, 11) is 0. The van der Waals surface area contributed by atoms with Crippen LogP contribution in [0.3, 0.4) is 0 Å². The van der Waals surface area contributed by atoms with E-state index in [1.165, 1.54) is 149 Å². The van der Waals surface area contributed by atoms with Crippen LogP contribution in [-0.4, -0.2) is 0 Å². The minimum Gasteiger partial charge on any atom is -0.0654 e. The molecule has 0 heteroatoms. The second-order valence-electron chi connectivity index (χ2n) is 17.3. The van der Waals surface area contributed by atoms with Crippen molar-refractivity contribution < 1.29 is 0 Å². The maximum absolute atomic E-state index is 2.60. The lowest BCUT2D eigenvalue weighted by Crippen LogP contribution is -2.25. The number of unbranched alkanes of at least 4 members (excludes halogenated alkanes) is 8. The molecule has 0 N–H and O–H groups in total. The molecule has 0 radical (unpaired) electrons. The van der Waals surface area contributed by atoms with Gasteiger partial charge in [0.1, 0.15) is 0 Å². The Labute approximate surface area is 332 Å². The number of rotatable bonds is 15. The van der Waals surface area contributed by atoms with Crippen LogP contribution < -0.4 is 0 Å². The molecule has 0 bridgehead atoms. The normalized spacial score (nSPS) is 14.3. The van der Waals surface area contributed by atoms with Gasteiger partial charge >= 0.3 is 0 Å². The summed E-state index contributed by atoms with van der Waals surface area (Å²) in [5.74, 6) is 0. The summed E-state index contributed by atoms with van der Waals surface area (Å²) in [5, 5.41) is 0. The quantitative estimate of drug-likeness (QED) is 0.0927. The van der Waals surface area contributed by atoms with E-state index in [0.717, 1.165) is 0 Å². The molecular weight excluding hydrogens is 661 g/mol. The molecule has 6 aromatic carbocycles. The summed E-state index contributed by atoms with van der Waals surface area (Å²) >= 11 is 0. The Morgan fingerprint density at radius 3 is 1.35 bits per heavy atom. The van der Waals surface area contributed by atoms with Crippen molar-refractivity contribution in [3.8, 4) is 55.6 Å². The first-order valence-electron chi connectivity index (χ1n) is 21.6. The van der Waals surface area contributed by atoms with E-state index in [4.69, 9.17) is 0 Å². The van der Waals surface area contributed by atoms with Crippen LogP contribution in [0.15, 0.2) is 127 Å². The fraction of sp³-hybridized carbons (Fsp3) is 0.345. The van der Waals surface area contributed by atoms with E-state index < -0.39 is 0 Å². The number of hydrogen-bond donors (Lipinski definition) is 0. The molecule has 0 heterocycles. The second kappa shape index (κ2) is 15.8. The van der Waals surface area contributed by atoms with Gasteiger partial charge in [-0.15, -0.1) is 0 Å². The van der Waals surface area contributed by atoms with Crippen LogP contribution in [0.5, 0.6) is 0 Å². The number of benzene rings is 6. The molecule has 0 aromatic heterocycles. The van der Waals surface area contributed by atoms with E-state index in [2.05, 4.69) is 162 Å². The lowest BCUT2D eigenvalue weighted by molar-refractivity contribution is 0.399. The Morgan fingerprint density at radius 1 is 0.364 bits per heavy atom. The van der Waals surface area contributed by atoms with E-state index in [9.17, 15) is 0 Å². The van der Waals surface area contributed by atoms with E-state index >= 15 is 0 Å². The smallest absolute Gasteiger partial charge is 0.0215 e. The molecule has 0 atom stereocenters. The molecule has 280 valence electrons. The van der Waals surface area contributed by atoms with Crippen molar-refractivity contribution in [2.24, 2.45) is 0 Å². The molecule has 6 aromatic rings. The molecule has 0 unspecified atom stereocenters. The lowest BCUT2D eigenvalue weighted by atomic mass is 9.70. The van der Waals surface area contributed by atoms with Gasteiger partial charge in [-0.25, -0.2) is 0 Å². The van der Waals surface area contributed by atoms with Crippen molar-refractivity contribution in [2.45, 2.75) is 122 Å². The van der Waals surface area contributed by atoms with E-state index in [-0.39, 0.29) is 10.8 Å². The molecule has 0 spiro atoms. The highest BCUT2D eigenvalue weighted by Gasteiger charge is 2.42. The molecule has 0 saturated carbocycles. The third kappa shape index (κ3) is 7.03. The average molecular weight is 721 g/mol. The lowest BCUT2D eigenvalue weighted by Gasteiger charge is -2.33. The monoisotopic (exact) mass is 720 g/mol. The molecule has 0 amide bonds. The summed E-state index contributed by atoms with van der Waals surface area (Å²) < 4.78 is 0. The molecule has 2 aliphatic rings. The summed E-state index contributed by atoms with van der Waals surface area (Å²) in [6, 6.07) is 49.4. The van der Waals surface area contributed by atoms with Gasteiger partial charge in [0.05, 0.1) is 0 Å². The number of fused-ring (bicyclic) bond motifs is 6. The fourth-order valence-corrected chi connectivity index (χ4v) is 10.1. The molecule has 2 aliphatic carbocycles. The molecular formula is C55H60. The summed E-state index contributed by atoms with van der Waals surface area (Å²) in [4.78, 5) is 0. The minimum absolute atomic E-state index is 0.00315. The van der Waals surface area contributed by atoms with Crippen LogP contribution >= 0.6 is 0 Å². The summed E-state index contributed by atoms with van der Waals surface area (Å²) in [6.07, 6.45) is 15.6. The van der Waals surface area contributed by atoms with Crippen molar-refractivity contribution in [1.29, 1.82) is 0 Å². The van der Waals surface area contributed by atoms with Gasteiger partial charge < -0.3 is 0 Å². The van der Waals surface area contributed by atoms with Crippen molar-refractivity contribution >= 4 is 0 Å². The van der Waals surface area contributed by atoms with E-state index in [0.29, 0.717) is 0 Å². The zero-order valence-corrected chi connectivity index (χ0v) is 34.1. The van der Waals surface area contributed by atoms with Crippen LogP contribution in [0.25, 0.3) is 55.6 Å². The van der Waals surface area contributed by atoms with Gasteiger partial charge in [0.15, 0.2) is 0 Å². The van der Waals surface area contributed by atoms with Gasteiger partial charge in [0.25, 0.3) is 0 Å². The van der Waals surface area contributed by atoms with Crippen LogP contribution in [0.4, 0.5) is 0 Å². The fourth-order valence-electron chi connectivity index (χ4n) is 10.1. The Hall–Kier alpha value is -4.68. The predicted octanol–water partition coefficient (Wildman–Crippen LogP) is 16.3. The zero-order chi connectivity index (χ0) is 38.0. The third-order valence-electron chi connectivity index (χ3n) is 13.3. The third-order valence-corrected chi connectivity index (χ3v) is 13.3. The van der Waals surface area contributed by atoms with Gasteiger partial charge in [-0.2, -0.15) is 0 Å². The van der Waals surface area contributed by atoms with Crippen molar-refractivity contribution in [3.05, 3.63) is 155 Å². The summed E-state index contributed by atoms with van der Waals surface area (Å²) in [6.45, 7) is 11.6. The first-order valence-corrected chi connectivity index (χ1v) is 21.6. The van der Waals surface area contributed by atoms with Crippen molar-refractivity contribution in [2.75, 3.05) is 0 Å². The van der Waals surface area contributed by atoms with Crippen LogP contribution in [0.1, 0.15) is 133 Å². The maximum Gasteiger partial charge on any atom is 0.0215 e. The topological polar surface area (TPSA) is 0 Å². The van der Waals surface area contributed by atoms with E-state index in [1.807, 2.05) is 0 Å². The van der Waals surface area contributed by atoms with Gasteiger partial charge in [-0.1, -0.05) is 207 Å². The standard InChI is InChI=1S/C55H60/c1-6-8-10-12-16-33-55(34-17-13-11-9-7-2)52-37-44(28-31-48(52)49-32-29-45(38-53(49)55)42-20-18-19-39(3)35-42)41-25-23-40(24-26-41)43-27-30-47-46-21-14-15-22-50(46)54(4,5)51(47)36-43/h14-15,18-32,35-38H,6-13,16-17,33-34H2,1-5H3. The Kier molecular flexibility index (Phi) is 10.7. The number of aryl methyl sites for hydroxylation is 1. The first-order chi connectivity index (χ1) is 26.8. The SMILES string of the molecule is CCCCCCCC1(CCCCCCC)c2cc(-c3ccc(-c4ccc5c(c4)C(C)(C)c4ccccc4-5)cc3)ccc2-c2ccc(-c3cccc(C)c3)cc21. The summed E-state index contributed by atoms with van der Waals surface area (Å²) in [5.41, 5.74) is 20.9. The highest BCUT2D eigenvalue weighted by Crippen LogP contribution is 2.56. The predicted molar refractivity (Wildman–Crippen MR) is 238 cm³/mol.